The smallest absolute Gasteiger partial charge is 0.317 e. The lowest BCUT2D eigenvalue weighted by Gasteiger charge is -2.27. The summed E-state index contributed by atoms with van der Waals surface area (Å²) in [6, 6.07) is 6.26. The van der Waals surface area contributed by atoms with E-state index >= 15 is 0 Å². The third-order valence-corrected chi connectivity index (χ3v) is 3.65. The number of carboxylic acids is 1. The molecular weight excluding hydrogens is 242 g/mol. The summed E-state index contributed by atoms with van der Waals surface area (Å²) < 4.78 is 0. The van der Waals surface area contributed by atoms with Crippen LogP contribution in [-0.2, 0) is 4.79 Å². The highest BCUT2D eigenvalue weighted by Crippen LogP contribution is 2.19. The minimum absolute atomic E-state index is 0.145. The third kappa shape index (κ3) is 4.01. The minimum Gasteiger partial charge on any atom is -0.480 e. The average molecular weight is 263 g/mol. The van der Waals surface area contributed by atoms with E-state index in [1.54, 1.807) is 0 Å². The fraction of sp³-hybridized carbons (Fsp3) is 0.571. The van der Waals surface area contributed by atoms with Gasteiger partial charge in [-0.3, -0.25) is 19.6 Å². The van der Waals surface area contributed by atoms with Gasteiger partial charge < -0.3 is 5.11 Å². The number of nitrogens with zero attached hydrogens (tertiary/aromatic N) is 3. The van der Waals surface area contributed by atoms with Crippen molar-refractivity contribution in [2.24, 2.45) is 0 Å². The molecule has 0 amide bonds. The Morgan fingerprint density at radius 3 is 2.89 bits per heavy atom. The molecule has 0 spiro atoms. The molecule has 104 valence electrons. The first-order valence-corrected chi connectivity index (χ1v) is 6.76. The predicted octanol–water partition coefficient (Wildman–Crippen LogP) is 1.23. The van der Waals surface area contributed by atoms with Crippen molar-refractivity contribution in [1.82, 2.24) is 14.8 Å². The van der Waals surface area contributed by atoms with Gasteiger partial charge >= 0.3 is 5.97 Å². The van der Waals surface area contributed by atoms with Crippen LogP contribution in [0.4, 0.5) is 0 Å². The summed E-state index contributed by atoms with van der Waals surface area (Å²) in [4.78, 5) is 19.5. The number of pyridine rings is 1. The first-order valence-electron chi connectivity index (χ1n) is 6.76. The molecule has 0 aliphatic carbocycles. The maximum atomic E-state index is 10.8. The normalized spacial score (nSPS) is 19.8. The Labute approximate surface area is 113 Å². The van der Waals surface area contributed by atoms with Gasteiger partial charge in [0, 0.05) is 38.4 Å². The molecule has 1 N–H and O–H groups in total. The van der Waals surface area contributed by atoms with Crippen LogP contribution < -0.4 is 0 Å². The second-order valence-corrected chi connectivity index (χ2v) is 4.99. The largest absolute Gasteiger partial charge is 0.480 e. The molecule has 2 heterocycles. The lowest BCUT2D eigenvalue weighted by molar-refractivity contribution is -0.138. The van der Waals surface area contributed by atoms with Crippen molar-refractivity contribution in [3.05, 3.63) is 30.1 Å². The molecule has 2 rings (SSSR count). The Kier molecular flexibility index (Phi) is 4.87. The van der Waals surface area contributed by atoms with Crippen molar-refractivity contribution in [1.29, 1.82) is 0 Å². The zero-order valence-electron chi connectivity index (χ0n) is 11.3. The van der Waals surface area contributed by atoms with E-state index in [1.807, 2.05) is 29.3 Å². The summed E-state index contributed by atoms with van der Waals surface area (Å²) in [6.07, 6.45) is 2.82. The Morgan fingerprint density at radius 2 is 2.21 bits per heavy atom. The van der Waals surface area contributed by atoms with Crippen LogP contribution in [0.1, 0.15) is 25.1 Å². The Hall–Kier alpha value is -1.46. The number of hydrogen-bond acceptors (Lipinski definition) is 4. The van der Waals surface area contributed by atoms with Gasteiger partial charge in [0.25, 0.3) is 0 Å². The quantitative estimate of drug-likeness (QED) is 0.885. The van der Waals surface area contributed by atoms with Gasteiger partial charge in [0.05, 0.1) is 12.2 Å². The van der Waals surface area contributed by atoms with Gasteiger partial charge in [0.2, 0.25) is 0 Å². The standard InChI is InChI=1S/C14H21N3O2/c1-12(13-5-2-3-6-15-13)17-8-4-7-16(9-10-17)11-14(18)19/h2-3,5-6,12H,4,7-11H2,1H3,(H,18,19). The molecule has 1 aliphatic rings. The van der Waals surface area contributed by atoms with Crippen molar-refractivity contribution in [2.45, 2.75) is 19.4 Å². The number of aliphatic carboxylic acids is 1. The van der Waals surface area contributed by atoms with Gasteiger partial charge in [-0.05, 0) is 25.5 Å². The van der Waals surface area contributed by atoms with Crippen LogP contribution >= 0.6 is 0 Å². The highest BCUT2D eigenvalue weighted by molar-refractivity contribution is 5.69. The lowest BCUT2D eigenvalue weighted by atomic mass is 10.2. The first kappa shape index (κ1) is 14.0. The molecule has 0 radical (unpaired) electrons. The molecule has 1 atom stereocenters. The zero-order valence-corrected chi connectivity index (χ0v) is 11.3. The molecule has 1 aromatic heterocycles. The van der Waals surface area contributed by atoms with Crippen LogP contribution in [0.2, 0.25) is 0 Å². The summed E-state index contributed by atoms with van der Waals surface area (Å²) in [5, 5.41) is 8.85. The van der Waals surface area contributed by atoms with Crippen LogP contribution in [0.25, 0.3) is 0 Å². The van der Waals surface area contributed by atoms with Crippen molar-refractivity contribution >= 4 is 5.97 Å². The monoisotopic (exact) mass is 263 g/mol. The maximum Gasteiger partial charge on any atom is 0.317 e. The van der Waals surface area contributed by atoms with E-state index < -0.39 is 5.97 Å². The van der Waals surface area contributed by atoms with Gasteiger partial charge in [-0.15, -0.1) is 0 Å². The number of carboxylic acid groups (broad SMARTS) is 1. The Morgan fingerprint density at radius 1 is 1.37 bits per heavy atom. The minimum atomic E-state index is -0.744. The van der Waals surface area contributed by atoms with E-state index in [9.17, 15) is 4.79 Å². The van der Waals surface area contributed by atoms with Crippen molar-refractivity contribution in [2.75, 3.05) is 32.7 Å². The van der Waals surface area contributed by atoms with Gasteiger partial charge in [-0.2, -0.15) is 0 Å². The highest BCUT2D eigenvalue weighted by Gasteiger charge is 2.21. The van der Waals surface area contributed by atoms with E-state index in [4.69, 9.17) is 5.11 Å². The fourth-order valence-corrected chi connectivity index (χ4v) is 2.54. The summed E-state index contributed by atoms with van der Waals surface area (Å²) in [7, 11) is 0. The summed E-state index contributed by atoms with van der Waals surface area (Å²) >= 11 is 0. The molecule has 0 bridgehead atoms. The number of rotatable bonds is 4. The number of carbonyl (C=O) groups is 1. The average Bonchev–Trinajstić information content (AvgIpc) is 2.64. The van der Waals surface area contributed by atoms with Gasteiger partial charge in [0.1, 0.15) is 0 Å². The van der Waals surface area contributed by atoms with Gasteiger partial charge in [0.15, 0.2) is 0 Å². The molecule has 1 fully saturated rings. The topological polar surface area (TPSA) is 56.7 Å². The fourth-order valence-electron chi connectivity index (χ4n) is 2.54. The van der Waals surface area contributed by atoms with Crippen LogP contribution in [0.3, 0.4) is 0 Å². The molecule has 5 nitrogen and oxygen atoms in total. The summed E-state index contributed by atoms with van der Waals surface area (Å²) in [5.74, 6) is -0.744. The summed E-state index contributed by atoms with van der Waals surface area (Å²) in [6.45, 7) is 5.86. The van der Waals surface area contributed by atoms with Crippen molar-refractivity contribution in [3.8, 4) is 0 Å². The molecule has 0 saturated carbocycles. The SMILES string of the molecule is CC(c1ccccn1)N1CCCN(CC(=O)O)CC1. The molecule has 19 heavy (non-hydrogen) atoms. The molecule has 5 heteroatoms. The van der Waals surface area contributed by atoms with Crippen LogP contribution in [0, 0.1) is 0 Å². The van der Waals surface area contributed by atoms with Gasteiger partial charge in [-0.1, -0.05) is 6.07 Å². The molecule has 1 unspecified atom stereocenters. The second-order valence-electron chi connectivity index (χ2n) is 4.99. The van der Waals surface area contributed by atoms with Crippen molar-refractivity contribution in [3.63, 3.8) is 0 Å². The maximum absolute atomic E-state index is 10.8. The zero-order chi connectivity index (χ0) is 13.7. The first-order chi connectivity index (χ1) is 9.16. The van der Waals surface area contributed by atoms with E-state index in [0.717, 1.165) is 38.3 Å². The molecule has 1 saturated heterocycles. The number of hydrogen-bond donors (Lipinski definition) is 1. The molecule has 1 aliphatic heterocycles. The van der Waals surface area contributed by atoms with Crippen LogP contribution in [0.5, 0.6) is 0 Å². The van der Waals surface area contributed by atoms with E-state index in [1.165, 1.54) is 0 Å². The number of aromatic nitrogens is 1. The second kappa shape index (κ2) is 6.63. The van der Waals surface area contributed by atoms with Crippen molar-refractivity contribution < 1.29 is 9.90 Å². The molecular formula is C14H21N3O2. The third-order valence-electron chi connectivity index (χ3n) is 3.65. The van der Waals surface area contributed by atoms with Crippen LogP contribution in [0.15, 0.2) is 24.4 Å². The lowest BCUT2D eigenvalue weighted by Crippen LogP contribution is -2.35. The predicted molar refractivity (Wildman–Crippen MR) is 72.9 cm³/mol. The van der Waals surface area contributed by atoms with Gasteiger partial charge in [-0.25, -0.2) is 0 Å². The molecule has 1 aromatic rings. The highest BCUT2D eigenvalue weighted by atomic mass is 16.4. The van der Waals surface area contributed by atoms with E-state index in [2.05, 4.69) is 16.8 Å². The Bertz CT molecular complexity index is 410. The summed E-state index contributed by atoms with van der Waals surface area (Å²) in [5.41, 5.74) is 1.08. The van der Waals surface area contributed by atoms with E-state index in [0.29, 0.717) is 0 Å². The Balaban J connectivity index is 1.93. The van der Waals surface area contributed by atoms with Crippen LogP contribution in [-0.4, -0.2) is 58.6 Å². The molecule has 0 aromatic carbocycles. The van der Waals surface area contributed by atoms with E-state index in [-0.39, 0.29) is 12.6 Å².